The molecule has 24 heavy (non-hydrogen) atoms. The molecular weight excluding hydrogens is 359 g/mol. The van der Waals surface area contributed by atoms with Crippen LogP contribution in [0.5, 0.6) is 0 Å². The zero-order chi connectivity index (χ0) is 17.2. The minimum absolute atomic E-state index is 0.0800. The first-order valence-electron chi connectivity index (χ1n) is 7.22. The van der Waals surface area contributed by atoms with Crippen LogP contribution in [-0.2, 0) is 6.18 Å². The minimum atomic E-state index is -4.47. The number of halogens is 4. The average molecular weight is 372 g/mol. The molecule has 0 unspecified atom stereocenters. The molecule has 126 valence electrons. The van der Waals surface area contributed by atoms with Crippen LogP contribution >= 0.6 is 22.9 Å². The molecule has 2 heterocycles. The lowest BCUT2D eigenvalue weighted by molar-refractivity contribution is -0.137. The summed E-state index contributed by atoms with van der Waals surface area (Å²) in [7, 11) is 0. The highest BCUT2D eigenvalue weighted by Crippen LogP contribution is 2.33. The third kappa shape index (κ3) is 3.96. The van der Waals surface area contributed by atoms with Crippen molar-refractivity contribution in [2.75, 3.05) is 5.43 Å². The van der Waals surface area contributed by atoms with Gasteiger partial charge in [-0.2, -0.15) is 18.3 Å². The molecule has 2 aromatic heterocycles. The SMILES string of the molecule is FC(F)(F)c1cnc(N/N=C\c2ccc([C@H]3C=CCC3)s2)c(Cl)c1. The van der Waals surface area contributed by atoms with Crippen LogP contribution in [0.15, 0.2) is 41.6 Å². The molecule has 0 spiro atoms. The van der Waals surface area contributed by atoms with Crippen LogP contribution in [0.2, 0.25) is 5.02 Å². The third-order valence-corrected chi connectivity index (χ3v) is 5.00. The maximum atomic E-state index is 12.6. The summed E-state index contributed by atoms with van der Waals surface area (Å²) < 4.78 is 37.7. The molecule has 0 radical (unpaired) electrons. The zero-order valence-electron chi connectivity index (χ0n) is 12.3. The first-order chi connectivity index (χ1) is 11.4. The molecule has 0 saturated carbocycles. The number of hydrazone groups is 1. The summed E-state index contributed by atoms with van der Waals surface area (Å²) in [6, 6.07) is 4.84. The van der Waals surface area contributed by atoms with Crippen LogP contribution in [0.1, 0.15) is 34.1 Å². The van der Waals surface area contributed by atoms with Crippen LogP contribution < -0.4 is 5.43 Å². The van der Waals surface area contributed by atoms with Crippen molar-refractivity contribution < 1.29 is 13.2 Å². The summed E-state index contributed by atoms with van der Waals surface area (Å²) in [5.41, 5.74) is 1.68. The summed E-state index contributed by atoms with van der Waals surface area (Å²) >= 11 is 7.44. The molecule has 0 amide bonds. The summed E-state index contributed by atoms with van der Waals surface area (Å²) in [5.74, 6) is 0.549. The standard InChI is InChI=1S/C16H13ClF3N3S/c17-13-7-11(16(18,19)20)8-21-15(13)23-22-9-12-5-6-14(24-12)10-3-1-2-4-10/h1,3,5-10H,2,4H2,(H,21,23)/b22-9-/t10-/m0/s1. The van der Waals surface area contributed by atoms with Gasteiger partial charge in [0.2, 0.25) is 0 Å². The van der Waals surface area contributed by atoms with Crippen molar-refractivity contribution in [2.45, 2.75) is 24.9 Å². The lowest BCUT2D eigenvalue weighted by Gasteiger charge is -2.08. The number of hydrogen-bond donors (Lipinski definition) is 1. The van der Waals surface area contributed by atoms with E-state index in [1.165, 1.54) is 4.88 Å². The predicted octanol–water partition coefficient (Wildman–Crippen LogP) is 5.69. The topological polar surface area (TPSA) is 37.3 Å². The molecule has 3 rings (SSSR count). The second-order valence-electron chi connectivity index (χ2n) is 5.27. The molecule has 1 aliphatic carbocycles. The van der Waals surface area contributed by atoms with Crippen LogP contribution in [0.25, 0.3) is 0 Å². The van der Waals surface area contributed by atoms with E-state index in [0.717, 1.165) is 30.0 Å². The first-order valence-corrected chi connectivity index (χ1v) is 8.41. The van der Waals surface area contributed by atoms with E-state index in [1.807, 2.05) is 6.07 Å². The number of hydrogen-bond acceptors (Lipinski definition) is 4. The molecule has 8 heteroatoms. The fourth-order valence-electron chi connectivity index (χ4n) is 2.34. The number of nitrogens with zero attached hydrogens (tertiary/aromatic N) is 2. The van der Waals surface area contributed by atoms with Crippen molar-refractivity contribution >= 4 is 35.0 Å². The highest BCUT2D eigenvalue weighted by Gasteiger charge is 2.31. The molecule has 2 aromatic rings. The van der Waals surface area contributed by atoms with Crippen LogP contribution in [-0.4, -0.2) is 11.2 Å². The maximum Gasteiger partial charge on any atom is 0.417 e. The van der Waals surface area contributed by atoms with E-state index < -0.39 is 11.7 Å². The maximum absolute atomic E-state index is 12.6. The second-order valence-corrected chi connectivity index (χ2v) is 6.83. The van der Waals surface area contributed by atoms with Crippen LogP contribution in [0.4, 0.5) is 19.0 Å². The summed E-state index contributed by atoms with van der Waals surface area (Å²) in [4.78, 5) is 5.88. The van der Waals surface area contributed by atoms with Gasteiger partial charge >= 0.3 is 6.18 Å². The molecule has 0 bridgehead atoms. The van der Waals surface area contributed by atoms with E-state index in [9.17, 15) is 13.2 Å². The van der Waals surface area contributed by atoms with E-state index in [-0.39, 0.29) is 10.8 Å². The Morgan fingerprint density at radius 3 is 2.88 bits per heavy atom. The van der Waals surface area contributed by atoms with Gasteiger partial charge in [-0.05, 0) is 31.0 Å². The molecular formula is C16H13ClF3N3S. The fourth-order valence-corrected chi connectivity index (χ4v) is 3.55. The number of nitrogens with one attached hydrogen (secondary N) is 1. The smallest absolute Gasteiger partial charge is 0.260 e. The molecule has 0 saturated heterocycles. The van der Waals surface area contributed by atoms with E-state index in [0.29, 0.717) is 5.92 Å². The van der Waals surface area contributed by atoms with Gasteiger partial charge in [0.15, 0.2) is 5.82 Å². The van der Waals surface area contributed by atoms with Crippen molar-refractivity contribution in [1.29, 1.82) is 0 Å². The molecule has 0 aliphatic heterocycles. The number of anilines is 1. The number of alkyl halides is 3. The second kappa shape index (κ2) is 6.94. The van der Waals surface area contributed by atoms with Crippen molar-refractivity contribution in [1.82, 2.24) is 4.98 Å². The van der Waals surface area contributed by atoms with Crippen LogP contribution in [0.3, 0.4) is 0 Å². The van der Waals surface area contributed by atoms with Crippen LogP contribution in [0, 0.1) is 0 Å². The van der Waals surface area contributed by atoms with E-state index >= 15 is 0 Å². The largest absolute Gasteiger partial charge is 0.417 e. The van der Waals surface area contributed by atoms with Gasteiger partial charge in [-0.15, -0.1) is 11.3 Å². The number of allylic oxidation sites excluding steroid dienone is 2. The lowest BCUT2D eigenvalue weighted by atomic mass is 10.1. The van der Waals surface area contributed by atoms with Gasteiger partial charge in [0.25, 0.3) is 0 Å². The Bertz CT molecular complexity index is 783. The molecule has 3 nitrogen and oxygen atoms in total. The Morgan fingerprint density at radius 2 is 2.21 bits per heavy atom. The monoisotopic (exact) mass is 371 g/mol. The van der Waals surface area contributed by atoms with E-state index in [4.69, 9.17) is 11.6 Å². The van der Waals surface area contributed by atoms with Gasteiger partial charge in [0.1, 0.15) is 0 Å². The average Bonchev–Trinajstić information content (AvgIpc) is 3.18. The zero-order valence-corrected chi connectivity index (χ0v) is 13.9. The van der Waals surface area contributed by atoms with Gasteiger partial charge in [-0.25, -0.2) is 4.98 Å². The summed E-state index contributed by atoms with van der Waals surface area (Å²) in [6.45, 7) is 0. The number of pyridine rings is 1. The fraction of sp³-hybridized carbons (Fsp3) is 0.250. The third-order valence-electron chi connectivity index (χ3n) is 3.56. The molecule has 1 aliphatic rings. The minimum Gasteiger partial charge on any atom is -0.260 e. The highest BCUT2D eigenvalue weighted by molar-refractivity contribution is 7.13. The van der Waals surface area contributed by atoms with Gasteiger partial charge in [0.05, 0.1) is 16.8 Å². The molecule has 0 fully saturated rings. The normalized spacial score (nSPS) is 17.8. The number of aromatic nitrogens is 1. The van der Waals surface area contributed by atoms with Crippen molar-refractivity contribution in [3.05, 3.63) is 56.9 Å². The van der Waals surface area contributed by atoms with Gasteiger partial charge < -0.3 is 0 Å². The molecule has 0 aromatic carbocycles. The predicted molar refractivity (Wildman–Crippen MR) is 90.9 cm³/mol. The Balaban J connectivity index is 1.65. The Kier molecular flexibility index (Phi) is 4.91. The first kappa shape index (κ1) is 17.0. The van der Waals surface area contributed by atoms with Gasteiger partial charge in [0, 0.05) is 21.9 Å². The Morgan fingerprint density at radius 1 is 1.38 bits per heavy atom. The van der Waals surface area contributed by atoms with E-state index in [2.05, 4.69) is 33.7 Å². The number of thiophene rings is 1. The molecule has 1 atom stereocenters. The Hall–Kier alpha value is -1.86. The summed E-state index contributed by atoms with van der Waals surface area (Å²) in [5, 5.41) is 3.86. The number of rotatable bonds is 4. The quantitative estimate of drug-likeness (QED) is 0.425. The van der Waals surface area contributed by atoms with Gasteiger partial charge in [-0.3, -0.25) is 5.43 Å². The summed E-state index contributed by atoms with van der Waals surface area (Å²) in [6.07, 6.45) is 4.46. The Labute approximate surface area is 145 Å². The molecule has 1 N–H and O–H groups in total. The van der Waals surface area contributed by atoms with Crippen molar-refractivity contribution in [3.8, 4) is 0 Å². The van der Waals surface area contributed by atoms with E-state index in [1.54, 1.807) is 17.6 Å². The van der Waals surface area contributed by atoms with Gasteiger partial charge in [-0.1, -0.05) is 23.8 Å². The van der Waals surface area contributed by atoms with Crippen molar-refractivity contribution in [3.63, 3.8) is 0 Å². The lowest BCUT2D eigenvalue weighted by Crippen LogP contribution is -2.06. The highest BCUT2D eigenvalue weighted by atomic mass is 35.5. The van der Waals surface area contributed by atoms with Crippen molar-refractivity contribution in [2.24, 2.45) is 5.10 Å².